The second kappa shape index (κ2) is 3.24. The maximum absolute atomic E-state index is 5.82. The summed E-state index contributed by atoms with van der Waals surface area (Å²) in [4.78, 5) is 0. The third-order valence-corrected chi connectivity index (χ3v) is 3.25. The lowest BCUT2D eigenvalue weighted by Crippen LogP contribution is -1.76. The molecule has 54 valence electrons. The van der Waals surface area contributed by atoms with Crippen molar-refractivity contribution in [2.24, 2.45) is 0 Å². The van der Waals surface area contributed by atoms with Gasteiger partial charge >= 0.3 is 0 Å². The largest absolute Gasteiger partial charge is 0.0831 e. The molecule has 0 saturated heterocycles. The first kappa shape index (κ1) is 8.57. The van der Waals surface area contributed by atoms with Crippen molar-refractivity contribution in [3.63, 3.8) is 0 Å². The van der Waals surface area contributed by atoms with Gasteiger partial charge in [0.15, 0.2) is 0 Å². The van der Waals surface area contributed by atoms with Crippen LogP contribution in [0.4, 0.5) is 0 Å². The average Bonchev–Trinajstić information content (AvgIpc) is 1.84. The van der Waals surface area contributed by atoms with E-state index in [0.717, 1.165) is 19.5 Å². The quantitative estimate of drug-likeness (QED) is 0.627. The van der Waals surface area contributed by atoms with E-state index in [1.165, 1.54) is 0 Å². The fourth-order valence-electron chi connectivity index (χ4n) is 0.622. The second-order valence-corrected chi connectivity index (χ2v) is 4.13. The molecule has 0 heterocycles. The van der Waals surface area contributed by atoms with E-state index >= 15 is 0 Å². The van der Waals surface area contributed by atoms with Gasteiger partial charge in [-0.3, -0.25) is 0 Å². The predicted octanol–water partition coefficient (Wildman–Crippen LogP) is 4.17. The van der Waals surface area contributed by atoms with Crippen molar-refractivity contribution in [2.45, 2.75) is 6.92 Å². The Morgan fingerprint density at radius 2 is 1.80 bits per heavy atom. The molecule has 0 atom stereocenters. The highest BCUT2D eigenvalue weighted by molar-refractivity contribution is 9.11. The van der Waals surface area contributed by atoms with Crippen LogP contribution in [0.2, 0.25) is 5.02 Å². The van der Waals surface area contributed by atoms with Crippen LogP contribution in [0.15, 0.2) is 21.1 Å². The Balaban J connectivity index is 3.28. The average molecular weight is 284 g/mol. The van der Waals surface area contributed by atoms with E-state index in [9.17, 15) is 0 Å². The second-order valence-electron chi connectivity index (χ2n) is 2.02. The zero-order valence-corrected chi connectivity index (χ0v) is 9.22. The molecule has 0 amide bonds. The highest BCUT2D eigenvalue weighted by Gasteiger charge is 1.99. The molecule has 0 aliphatic heterocycles. The van der Waals surface area contributed by atoms with E-state index in [2.05, 4.69) is 31.9 Å². The number of hydrogen-bond donors (Lipinski definition) is 0. The van der Waals surface area contributed by atoms with E-state index in [-0.39, 0.29) is 0 Å². The van der Waals surface area contributed by atoms with Crippen LogP contribution < -0.4 is 0 Å². The molecule has 3 heteroatoms. The Kier molecular flexibility index (Phi) is 2.78. The van der Waals surface area contributed by atoms with Crippen LogP contribution in [0, 0.1) is 6.92 Å². The van der Waals surface area contributed by atoms with Gasteiger partial charge in [-0.2, -0.15) is 0 Å². The lowest BCUT2D eigenvalue weighted by Gasteiger charge is -1.99. The van der Waals surface area contributed by atoms with Crippen LogP contribution in [0.5, 0.6) is 0 Å². The summed E-state index contributed by atoms with van der Waals surface area (Å²) < 4.78 is 2.00. The van der Waals surface area contributed by atoms with Crippen molar-refractivity contribution in [3.8, 4) is 0 Å². The van der Waals surface area contributed by atoms with Crippen LogP contribution in [0.3, 0.4) is 0 Å². The van der Waals surface area contributed by atoms with Crippen molar-refractivity contribution in [1.82, 2.24) is 0 Å². The zero-order valence-electron chi connectivity index (χ0n) is 5.29. The molecule has 1 rings (SSSR count). The van der Waals surface area contributed by atoms with E-state index in [0.29, 0.717) is 0 Å². The van der Waals surface area contributed by atoms with Gasteiger partial charge in [0.2, 0.25) is 0 Å². The minimum Gasteiger partial charge on any atom is -0.0831 e. The van der Waals surface area contributed by atoms with Crippen LogP contribution in [0.25, 0.3) is 0 Å². The van der Waals surface area contributed by atoms with E-state index in [1.54, 1.807) is 0 Å². The molecule has 0 bridgehead atoms. The van der Waals surface area contributed by atoms with Crippen molar-refractivity contribution in [1.29, 1.82) is 0 Å². The summed E-state index contributed by atoms with van der Waals surface area (Å²) >= 11 is 12.5. The Morgan fingerprint density at radius 3 is 2.30 bits per heavy atom. The Hall–Kier alpha value is 0.470. The normalized spacial score (nSPS) is 10.0. The van der Waals surface area contributed by atoms with Gasteiger partial charge in [0.1, 0.15) is 0 Å². The molecule has 1 aromatic rings. The third-order valence-electron chi connectivity index (χ3n) is 1.20. The molecule has 0 spiro atoms. The molecule has 0 nitrogen and oxygen atoms in total. The van der Waals surface area contributed by atoms with Crippen LogP contribution in [-0.2, 0) is 0 Å². The molecule has 0 aromatic heterocycles. The number of benzene rings is 1. The summed E-state index contributed by atoms with van der Waals surface area (Å²) in [5, 5.41) is 0.751. The highest BCUT2D eigenvalue weighted by atomic mass is 79.9. The lowest BCUT2D eigenvalue weighted by atomic mass is 10.2. The van der Waals surface area contributed by atoms with Gasteiger partial charge < -0.3 is 0 Å². The van der Waals surface area contributed by atoms with Crippen LogP contribution in [0.1, 0.15) is 5.56 Å². The molecule has 0 N–H and O–H groups in total. The summed E-state index contributed by atoms with van der Waals surface area (Å²) in [7, 11) is 0. The Bertz CT molecular complexity index is 208. The van der Waals surface area contributed by atoms with Crippen molar-refractivity contribution >= 4 is 43.5 Å². The summed E-state index contributed by atoms with van der Waals surface area (Å²) in [6.45, 7) is 2.00. The van der Waals surface area contributed by atoms with E-state index in [4.69, 9.17) is 11.6 Å². The van der Waals surface area contributed by atoms with E-state index in [1.807, 2.05) is 19.1 Å². The third kappa shape index (κ3) is 1.74. The molecule has 0 aliphatic rings. The van der Waals surface area contributed by atoms with E-state index < -0.39 is 0 Å². The summed E-state index contributed by atoms with van der Waals surface area (Å²) in [5.74, 6) is 0. The maximum Gasteiger partial charge on any atom is 0.0551 e. The van der Waals surface area contributed by atoms with Crippen molar-refractivity contribution < 1.29 is 0 Å². The van der Waals surface area contributed by atoms with Crippen molar-refractivity contribution in [2.75, 3.05) is 0 Å². The minimum atomic E-state index is 0.751. The topological polar surface area (TPSA) is 0 Å². The molecule has 0 unspecified atom stereocenters. The van der Waals surface area contributed by atoms with Crippen LogP contribution >= 0.6 is 43.5 Å². The van der Waals surface area contributed by atoms with Crippen LogP contribution in [-0.4, -0.2) is 0 Å². The van der Waals surface area contributed by atoms with Gasteiger partial charge in [-0.15, -0.1) is 0 Å². The maximum atomic E-state index is 5.82. The first-order chi connectivity index (χ1) is 4.61. The van der Waals surface area contributed by atoms with Crippen molar-refractivity contribution in [3.05, 3.63) is 31.7 Å². The zero-order chi connectivity index (χ0) is 7.72. The number of hydrogen-bond acceptors (Lipinski definition) is 0. The number of rotatable bonds is 0. The summed E-state index contributed by atoms with van der Waals surface area (Å²) in [6.07, 6.45) is 0. The summed E-state index contributed by atoms with van der Waals surface area (Å²) in [6, 6.07) is 3.85. The lowest BCUT2D eigenvalue weighted by molar-refractivity contribution is 1.42. The Labute approximate surface area is 81.8 Å². The molecule has 0 aliphatic carbocycles. The van der Waals surface area contributed by atoms with Gasteiger partial charge in [-0.1, -0.05) is 27.5 Å². The molecule has 10 heavy (non-hydrogen) atoms. The molecule has 0 radical (unpaired) electrons. The standard InChI is InChI=1S/C7H5Br2Cl/c1-4-2-7(10)6(9)3-5(4)8/h2-3H,1H3. The number of aryl methyl sites for hydroxylation is 1. The monoisotopic (exact) mass is 282 g/mol. The molecule has 1 aromatic carbocycles. The molecular formula is C7H5Br2Cl. The number of halogens is 3. The highest BCUT2D eigenvalue weighted by Crippen LogP contribution is 2.28. The van der Waals surface area contributed by atoms with Gasteiger partial charge in [0.25, 0.3) is 0 Å². The first-order valence-corrected chi connectivity index (χ1v) is 4.69. The van der Waals surface area contributed by atoms with Gasteiger partial charge in [-0.05, 0) is 40.5 Å². The first-order valence-electron chi connectivity index (χ1n) is 2.72. The molecule has 0 fully saturated rings. The summed E-state index contributed by atoms with van der Waals surface area (Å²) in [5.41, 5.74) is 1.15. The Morgan fingerprint density at radius 1 is 1.20 bits per heavy atom. The van der Waals surface area contributed by atoms with Gasteiger partial charge in [-0.25, -0.2) is 0 Å². The smallest absolute Gasteiger partial charge is 0.0551 e. The fourth-order valence-corrected chi connectivity index (χ4v) is 1.83. The predicted molar refractivity (Wildman–Crippen MR) is 51.6 cm³/mol. The SMILES string of the molecule is Cc1cc(Cl)c(Br)cc1Br. The minimum absolute atomic E-state index is 0.751. The van der Waals surface area contributed by atoms with Gasteiger partial charge in [0.05, 0.1) is 5.02 Å². The fraction of sp³-hybridized carbons (Fsp3) is 0.143. The van der Waals surface area contributed by atoms with Gasteiger partial charge in [0, 0.05) is 8.95 Å². The molecule has 0 saturated carbocycles. The molecular weight excluding hydrogens is 279 g/mol.